The molecule has 0 fully saturated rings. The molecule has 0 aromatic carbocycles. The van der Waals surface area contributed by atoms with Crippen molar-refractivity contribution in [2.45, 2.75) is 18.4 Å². The Bertz CT molecular complexity index is 637. The fraction of sp³-hybridized carbons (Fsp3) is 0.200. The standard InChI is InChI=1S/C10H12N4O2S2/c1-7-5-17-9(2-11)10(7)18(15,16)14-8-3-12-6-13-4-8/h3-6,14H,2,11H2,1H3. The number of hydrogen-bond acceptors (Lipinski definition) is 6. The summed E-state index contributed by atoms with van der Waals surface area (Å²) in [6, 6.07) is 0. The van der Waals surface area contributed by atoms with Gasteiger partial charge in [0, 0.05) is 11.4 Å². The van der Waals surface area contributed by atoms with E-state index in [1.165, 1.54) is 30.1 Å². The van der Waals surface area contributed by atoms with Crippen LogP contribution in [-0.2, 0) is 16.6 Å². The summed E-state index contributed by atoms with van der Waals surface area (Å²) in [7, 11) is -3.64. The van der Waals surface area contributed by atoms with Crippen molar-refractivity contribution in [1.82, 2.24) is 9.97 Å². The zero-order valence-electron chi connectivity index (χ0n) is 9.62. The lowest BCUT2D eigenvalue weighted by atomic mass is 10.3. The van der Waals surface area contributed by atoms with Crippen LogP contribution in [0.1, 0.15) is 10.4 Å². The molecular weight excluding hydrogens is 272 g/mol. The summed E-state index contributed by atoms with van der Waals surface area (Å²) < 4.78 is 26.9. The van der Waals surface area contributed by atoms with Crippen molar-refractivity contribution in [1.29, 1.82) is 0 Å². The Kier molecular flexibility index (Phi) is 3.60. The van der Waals surface area contributed by atoms with Gasteiger partial charge in [0.2, 0.25) is 0 Å². The minimum absolute atomic E-state index is 0.194. The highest BCUT2D eigenvalue weighted by atomic mass is 32.2. The van der Waals surface area contributed by atoms with Gasteiger partial charge >= 0.3 is 0 Å². The molecule has 0 saturated heterocycles. The van der Waals surface area contributed by atoms with Crippen LogP contribution < -0.4 is 10.5 Å². The fourth-order valence-electron chi connectivity index (χ4n) is 1.55. The van der Waals surface area contributed by atoms with Gasteiger partial charge in [0.15, 0.2) is 0 Å². The predicted octanol–water partition coefficient (Wildman–Crippen LogP) is 1.11. The van der Waals surface area contributed by atoms with Crippen LogP contribution in [0.2, 0.25) is 0 Å². The van der Waals surface area contributed by atoms with Gasteiger partial charge in [-0.05, 0) is 17.9 Å². The molecular formula is C10H12N4O2S2. The van der Waals surface area contributed by atoms with Crippen molar-refractivity contribution < 1.29 is 8.42 Å². The predicted molar refractivity (Wildman–Crippen MR) is 69.8 cm³/mol. The molecule has 18 heavy (non-hydrogen) atoms. The number of thiophene rings is 1. The largest absolute Gasteiger partial charge is 0.326 e. The molecule has 2 heterocycles. The second-order valence-corrected chi connectivity index (χ2v) is 6.19. The zero-order valence-corrected chi connectivity index (χ0v) is 11.3. The van der Waals surface area contributed by atoms with Crippen molar-refractivity contribution in [3.63, 3.8) is 0 Å². The molecule has 0 amide bonds. The highest BCUT2D eigenvalue weighted by Crippen LogP contribution is 2.27. The minimum atomic E-state index is -3.64. The number of anilines is 1. The van der Waals surface area contributed by atoms with E-state index in [0.29, 0.717) is 16.1 Å². The molecule has 6 nitrogen and oxygen atoms in total. The number of aromatic nitrogens is 2. The van der Waals surface area contributed by atoms with Crippen molar-refractivity contribution in [2.75, 3.05) is 4.72 Å². The molecule has 2 aromatic heterocycles. The molecule has 0 atom stereocenters. The van der Waals surface area contributed by atoms with Crippen LogP contribution in [0.4, 0.5) is 5.69 Å². The third kappa shape index (κ3) is 2.50. The van der Waals surface area contributed by atoms with Crippen molar-refractivity contribution in [3.05, 3.63) is 34.5 Å². The number of rotatable bonds is 4. The first-order valence-corrected chi connectivity index (χ1v) is 7.45. The van der Waals surface area contributed by atoms with E-state index in [-0.39, 0.29) is 11.4 Å². The summed E-state index contributed by atoms with van der Waals surface area (Å²) in [5.41, 5.74) is 6.56. The molecule has 0 radical (unpaired) electrons. The maximum atomic E-state index is 12.2. The van der Waals surface area contributed by atoms with Gasteiger partial charge in [-0.3, -0.25) is 4.72 Å². The lowest BCUT2D eigenvalue weighted by Crippen LogP contribution is -2.16. The van der Waals surface area contributed by atoms with Crippen LogP contribution in [0.15, 0.2) is 29.0 Å². The average Bonchev–Trinajstić information content (AvgIpc) is 2.72. The fourth-order valence-corrected chi connectivity index (χ4v) is 4.28. The summed E-state index contributed by atoms with van der Waals surface area (Å²) in [6.45, 7) is 1.94. The van der Waals surface area contributed by atoms with E-state index in [0.717, 1.165) is 0 Å². The number of sulfonamides is 1. The third-order valence-corrected chi connectivity index (χ3v) is 5.12. The quantitative estimate of drug-likeness (QED) is 0.876. The van der Waals surface area contributed by atoms with Gasteiger partial charge in [-0.2, -0.15) is 0 Å². The minimum Gasteiger partial charge on any atom is -0.326 e. The Balaban J connectivity index is 2.40. The third-order valence-electron chi connectivity index (χ3n) is 2.26. The summed E-state index contributed by atoms with van der Waals surface area (Å²) in [5, 5.41) is 1.78. The van der Waals surface area contributed by atoms with E-state index in [4.69, 9.17) is 5.73 Å². The van der Waals surface area contributed by atoms with E-state index >= 15 is 0 Å². The molecule has 0 saturated carbocycles. The number of hydrogen-bond donors (Lipinski definition) is 2. The van der Waals surface area contributed by atoms with Crippen molar-refractivity contribution in [3.8, 4) is 0 Å². The highest BCUT2D eigenvalue weighted by Gasteiger charge is 2.22. The van der Waals surface area contributed by atoms with Crippen molar-refractivity contribution >= 4 is 27.0 Å². The Labute approximate surface area is 109 Å². The van der Waals surface area contributed by atoms with Crippen LogP contribution in [0.5, 0.6) is 0 Å². The summed E-state index contributed by atoms with van der Waals surface area (Å²) in [4.78, 5) is 8.39. The van der Waals surface area contributed by atoms with Gasteiger partial charge in [0.05, 0.1) is 18.1 Å². The molecule has 2 rings (SSSR count). The first-order valence-electron chi connectivity index (χ1n) is 5.09. The molecule has 0 aliphatic heterocycles. The summed E-state index contributed by atoms with van der Waals surface area (Å²) in [5.74, 6) is 0. The van der Waals surface area contributed by atoms with E-state index in [1.807, 2.05) is 0 Å². The average molecular weight is 284 g/mol. The molecule has 3 N–H and O–H groups in total. The molecule has 0 unspecified atom stereocenters. The second-order valence-electron chi connectivity index (χ2n) is 3.61. The molecule has 0 bridgehead atoms. The van der Waals surface area contributed by atoms with Crippen LogP contribution in [-0.4, -0.2) is 18.4 Å². The molecule has 96 valence electrons. The van der Waals surface area contributed by atoms with Gasteiger partial charge < -0.3 is 5.73 Å². The Hall–Kier alpha value is -1.51. The SMILES string of the molecule is Cc1csc(CN)c1S(=O)(=O)Nc1cncnc1. The van der Waals surface area contributed by atoms with Gasteiger partial charge in [0.25, 0.3) is 10.0 Å². The van der Waals surface area contributed by atoms with Crippen LogP contribution in [0, 0.1) is 6.92 Å². The summed E-state index contributed by atoms with van der Waals surface area (Å²) in [6.07, 6.45) is 4.13. The second kappa shape index (κ2) is 5.01. The maximum absolute atomic E-state index is 12.2. The Morgan fingerprint density at radius 2 is 2.06 bits per heavy atom. The Morgan fingerprint density at radius 1 is 1.39 bits per heavy atom. The molecule has 0 spiro atoms. The van der Waals surface area contributed by atoms with Gasteiger partial charge in [-0.15, -0.1) is 11.3 Å². The van der Waals surface area contributed by atoms with E-state index < -0.39 is 10.0 Å². The van der Waals surface area contributed by atoms with Crippen LogP contribution in [0.25, 0.3) is 0 Å². The zero-order chi connectivity index (χ0) is 13.2. The number of nitrogens with zero attached hydrogens (tertiary/aromatic N) is 2. The molecule has 2 aromatic rings. The topological polar surface area (TPSA) is 98.0 Å². The van der Waals surface area contributed by atoms with Gasteiger partial charge in [0.1, 0.15) is 11.2 Å². The number of nitrogens with one attached hydrogen (secondary N) is 1. The highest BCUT2D eigenvalue weighted by molar-refractivity contribution is 7.93. The van der Waals surface area contributed by atoms with E-state index in [2.05, 4.69) is 14.7 Å². The first-order chi connectivity index (χ1) is 8.54. The number of nitrogens with two attached hydrogens (primary N) is 1. The van der Waals surface area contributed by atoms with Crippen LogP contribution >= 0.6 is 11.3 Å². The monoisotopic (exact) mass is 284 g/mol. The first kappa shape index (κ1) is 12.9. The Morgan fingerprint density at radius 3 is 2.67 bits per heavy atom. The maximum Gasteiger partial charge on any atom is 0.263 e. The smallest absolute Gasteiger partial charge is 0.263 e. The van der Waals surface area contributed by atoms with Gasteiger partial charge in [-0.1, -0.05) is 0 Å². The summed E-state index contributed by atoms with van der Waals surface area (Å²) >= 11 is 1.34. The van der Waals surface area contributed by atoms with Crippen LogP contribution in [0.3, 0.4) is 0 Å². The normalized spacial score (nSPS) is 11.4. The molecule has 8 heteroatoms. The lowest BCUT2D eigenvalue weighted by molar-refractivity contribution is 0.600. The van der Waals surface area contributed by atoms with E-state index in [1.54, 1.807) is 12.3 Å². The van der Waals surface area contributed by atoms with E-state index in [9.17, 15) is 8.42 Å². The molecule has 0 aliphatic carbocycles. The molecule has 0 aliphatic rings. The number of aryl methyl sites for hydroxylation is 1. The lowest BCUT2D eigenvalue weighted by Gasteiger charge is -2.08. The van der Waals surface area contributed by atoms with Crippen molar-refractivity contribution in [2.24, 2.45) is 5.73 Å². The van der Waals surface area contributed by atoms with Gasteiger partial charge in [-0.25, -0.2) is 18.4 Å².